The van der Waals surface area contributed by atoms with Crippen LogP contribution in [0.25, 0.3) is 0 Å². The van der Waals surface area contributed by atoms with E-state index in [9.17, 15) is 9.18 Å². The van der Waals surface area contributed by atoms with Crippen LogP contribution in [0.5, 0.6) is 0 Å². The van der Waals surface area contributed by atoms with Gasteiger partial charge in [0.2, 0.25) is 0 Å². The molecule has 0 aromatic heterocycles. The van der Waals surface area contributed by atoms with Gasteiger partial charge in [-0.1, -0.05) is 17.7 Å². The molecule has 0 radical (unpaired) electrons. The molecule has 0 spiro atoms. The Kier molecular flexibility index (Phi) is 4.05. The molecule has 15 heavy (non-hydrogen) atoms. The summed E-state index contributed by atoms with van der Waals surface area (Å²) < 4.78 is 12.8. The average Bonchev–Trinajstić information content (AvgIpc) is 2.19. The Bertz CT molecular complexity index is 370. The number of hydrogen-bond donors (Lipinski definition) is 2. The van der Waals surface area contributed by atoms with Gasteiger partial charge in [-0.15, -0.1) is 0 Å². The van der Waals surface area contributed by atoms with Crippen LogP contribution in [0.3, 0.4) is 0 Å². The summed E-state index contributed by atoms with van der Waals surface area (Å²) in [6, 6.07) is 3.64. The third-order valence-corrected chi connectivity index (χ3v) is 2.26. The van der Waals surface area contributed by atoms with Crippen LogP contribution in [0.1, 0.15) is 12.5 Å². The molecule has 1 aromatic carbocycles. The molecule has 0 aliphatic carbocycles. The summed E-state index contributed by atoms with van der Waals surface area (Å²) in [5, 5.41) is 11.4. The van der Waals surface area contributed by atoms with Gasteiger partial charge in [0.1, 0.15) is 11.9 Å². The summed E-state index contributed by atoms with van der Waals surface area (Å²) in [5.41, 5.74) is 0.745. The van der Waals surface area contributed by atoms with Gasteiger partial charge in [-0.3, -0.25) is 4.79 Å². The molecule has 1 rings (SSSR count). The minimum atomic E-state index is -0.928. The van der Waals surface area contributed by atoms with E-state index in [2.05, 4.69) is 5.32 Å². The Hall–Kier alpha value is -1.13. The average molecular weight is 232 g/mol. The second-order valence-electron chi connectivity index (χ2n) is 3.19. The lowest BCUT2D eigenvalue weighted by atomic mass is 10.2. The highest BCUT2D eigenvalue weighted by atomic mass is 35.5. The summed E-state index contributed by atoms with van der Waals surface area (Å²) in [6.45, 7) is 1.88. The first-order chi connectivity index (χ1) is 7.00. The number of carboxylic acids is 1. The molecule has 0 unspecified atom stereocenters. The fourth-order valence-corrected chi connectivity index (χ4v) is 1.21. The van der Waals surface area contributed by atoms with Crippen molar-refractivity contribution in [2.75, 3.05) is 0 Å². The summed E-state index contributed by atoms with van der Waals surface area (Å²) in [7, 11) is 0. The lowest BCUT2D eigenvalue weighted by Crippen LogP contribution is -2.33. The van der Waals surface area contributed by atoms with Gasteiger partial charge in [-0.05, 0) is 24.6 Å². The molecule has 2 N–H and O–H groups in total. The van der Waals surface area contributed by atoms with Gasteiger partial charge in [0, 0.05) is 6.54 Å². The van der Waals surface area contributed by atoms with E-state index in [0.717, 1.165) is 5.56 Å². The first kappa shape index (κ1) is 11.9. The minimum Gasteiger partial charge on any atom is -0.480 e. The minimum absolute atomic E-state index is 0.0391. The van der Waals surface area contributed by atoms with Crippen LogP contribution in [0.4, 0.5) is 4.39 Å². The molecule has 0 saturated carbocycles. The Morgan fingerprint density at radius 2 is 2.33 bits per heavy atom. The highest BCUT2D eigenvalue weighted by Crippen LogP contribution is 2.15. The van der Waals surface area contributed by atoms with Crippen LogP contribution in [-0.4, -0.2) is 17.1 Å². The van der Waals surface area contributed by atoms with Crippen molar-refractivity contribution >= 4 is 17.6 Å². The van der Waals surface area contributed by atoms with Crippen molar-refractivity contribution in [3.8, 4) is 0 Å². The molecular weight excluding hydrogens is 221 g/mol. The molecule has 0 saturated heterocycles. The topological polar surface area (TPSA) is 49.3 Å². The Morgan fingerprint density at radius 1 is 1.67 bits per heavy atom. The van der Waals surface area contributed by atoms with Gasteiger partial charge in [0.25, 0.3) is 0 Å². The molecule has 1 atom stereocenters. The lowest BCUT2D eigenvalue weighted by Gasteiger charge is -2.09. The molecular formula is C10H11ClFNO2. The van der Waals surface area contributed by atoms with E-state index in [0.29, 0.717) is 6.54 Å². The number of benzene rings is 1. The summed E-state index contributed by atoms with van der Waals surface area (Å²) in [6.07, 6.45) is 0. The molecule has 82 valence electrons. The third kappa shape index (κ3) is 3.49. The number of carboxylic acid groups (broad SMARTS) is 1. The number of carbonyl (C=O) groups is 1. The number of hydrogen-bond acceptors (Lipinski definition) is 2. The van der Waals surface area contributed by atoms with Crippen molar-refractivity contribution < 1.29 is 14.3 Å². The van der Waals surface area contributed by atoms with E-state index in [1.807, 2.05) is 0 Å². The largest absolute Gasteiger partial charge is 0.480 e. The van der Waals surface area contributed by atoms with E-state index in [-0.39, 0.29) is 5.02 Å². The number of nitrogens with one attached hydrogen (secondary N) is 1. The zero-order valence-corrected chi connectivity index (χ0v) is 8.88. The van der Waals surface area contributed by atoms with Gasteiger partial charge < -0.3 is 10.4 Å². The maximum atomic E-state index is 12.8. The molecule has 5 heteroatoms. The van der Waals surface area contributed by atoms with E-state index in [4.69, 9.17) is 16.7 Å². The quantitative estimate of drug-likeness (QED) is 0.834. The van der Waals surface area contributed by atoms with Crippen molar-refractivity contribution in [3.63, 3.8) is 0 Å². The van der Waals surface area contributed by atoms with Crippen LogP contribution < -0.4 is 5.32 Å². The second kappa shape index (κ2) is 5.09. The van der Waals surface area contributed by atoms with E-state index < -0.39 is 17.8 Å². The van der Waals surface area contributed by atoms with Crippen molar-refractivity contribution in [1.29, 1.82) is 0 Å². The van der Waals surface area contributed by atoms with Crippen LogP contribution in [0, 0.1) is 5.82 Å². The fourth-order valence-electron chi connectivity index (χ4n) is 1.01. The standard InChI is InChI=1S/C10H11ClFNO2/c1-6(10(14)15)13-5-7-2-3-9(12)8(11)4-7/h2-4,6,13H,5H2,1H3,(H,14,15)/t6-/m1/s1. The van der Waals surface area contributed by atoms with Crippen LogP contribution in [-0.2, 0) is 11.3 Å². The maximum absolute atomic E-state index is 12.8. The van der Waals surface area contributed by atoms with E-state index >= 15 is 0 Å². The maximum Gasteiger partial charge on any atom is 0.320 e. The SMILES string of the molecule is C[C@@H](NCc1ccc(F)c(Cl)c1)C(=O)O. The predicted molar refractivity (Wildman–Crippen MR) is 55.3 cm³/mol. The van der Waals surface area contributed by atoms with E-state index in [1.165, 1.54) is 19.1 Å². The van der Waals surface area contributed by atoms with Crippen molar-refractivity contribution in [1.82, 2.24) is 5.32 Å². The summed E-state index contributed by atoms with van der Waals surface area (Å²) >= 11 is 5.57. The predicted octanol–water partition coefficient (Wildman–Crippen LogP) is 2.04. The molecule has 0 aliphatic heterocycles. The van der Waals surface area contributed by atoms with Crippen molar-refractivity contribution in [2.24, 2.45) is 0 Å². The normalized spacial score (nSPS) is 12.5. The monoisotopic (exact) mass is 231 g/mol. The Morgan fingerprint density at radius 3 is 2.87 bits per heavy atom. The first-order valence-electron chi connectivity index (χ1n) is 4.41. The zero-order valence-electron chi connectivity index (χ0n) is 8.13. The highest BCUT2D eigenvalue weighted by molar-refractivity contribution is 6.30. The van der Waals surface area contributed by atoms with Crippen LogP contribution >= 0.6 is 11.6 Å². The number of aliphatic carboxylic acids is 1. The smallest absolute Gasteiger partial charge is 0.320 e. The number of halogens is 2. The zero-order chi connectivity index (χ0) is 11.4. The number of rotatable bonds is 4. The van der Waals surface area contributed by atoms with Gasteiger partial charge >= 0.3 is 5.97 Å². The molecule has 0 heterocycles. The molecule has 1 aromatic rings. The van der Waals surface area contributed by atoms with Crippen LogP contribution in [0.2, 0.25) is 5.02 Å². The molecule has 0 amide bonds. The molecule has 0 aliphatic rings. The second-order valence-corrected chi connectivity index (χ2v) is 3.60. The van der Waals surface area contributed by atoms with Gasteiger partial charge in [-0.2, -0.15) is 0 Å². The van der Waals surface area contributed by atoms with E-state index in [1.54, 1.807) is 6.07 Å². The highest BCUT2D eigenvalue weighted by Gasteiger charge is 2.09. The summed E-state index contributed by atoms with van der Waals surface area (Å²) in [4.78, 5) is 10.5. The van der Waals surface area contributed by atoms with Crippen molar-refractivity contribution in [3.05, 3.63) is 34.6 Å². The third-order valence-electron chi connectivity index (χ3n) is 1.97. The van der Waals surface area contributed by atoms with Crippen molar-refractivity contribution in [2.45, 2.75) is 19.5 Å². The van der Waals surface area contributed by atoms with Gasteiger partial charge in [-0.25, -0.2) is 4.39 Å². The van der Waals surface area contributed by atoms with Gasteiger partial charge in [0.05, 0.1) is 5.02 Å². The Labute approximate surface area is 91.9 Å². The lowest BCUT2D eigenvalue weighted by molar-refractivity contribution is -0.139. The molecule has 3 nitrogen and oxygen atoms in total. The summed E-state index contributed by atoms with van der Waals surface area (Å²) in [5.74, 6) is -1.41. The fraction of sp³-hybridized carbons (Fsp3) is 0.300. The molecule has 0 fully saturated rings. The van der Waals surface area contributed by atoms with Gasteiger partial charge in [0.15, 0.2) is 0 Å². The Balaban J connectivity index is 2.58. The first-order valence-corrected chi connectivity index (χ1v) is 4.78. The van der Waals surface area contributed by atoms with Crippen LogP contribution in [0.15, 0.2) is 18.2 Å². The molecule has 0 bridgehead atoms.